The topological polar surface area (TPSA) is 69.3 Å². The smallest absolute Gasteiger partial charge is 0.238 e. The molecule has 2 aromatic rings. The molecule has 5 nitrogen and oxygen atoms in total. The summed E-state index contributed by atoms with van der Waals surface area (Å²) < 4.78 is 5.37. The van der Waals surface area contributed by atoms with Crippen LogP contribution in [0.15, 0.2) is 52.0 Å². The fourth-order valence-electron chi connectivity index (χ4n) is 2.11. The van der Waals surface area contributed by atoms with E-state index in [9.17, 15) is 4.79 Å². The van der Waals surface area contributed by atoms with Crippen molar-refractivity contribution < 1.29 is 9.21 Å². The number of likely N-dealkylation sites (N-methyl/N-ethyl adjacent to an activating group) is 1. The number of nitriles is 1. The van der Waals surface area contributed by atoms with Crippen LogP contribution in [0.5, 0.6) is 0 Å². The molecule has 1 aromatic heterocycles. The minimum absolute atomic E-state index is 0.0129. The zero-order valence-corrected chi connectivity index (χ0v) is 14.0. The van der Waals surface area contributed by atoms with E-state index in [1.54, 1.807) is 6.26 Å². The third kappa shape index (κ3) is 4.88. The predicted molar refractivity (Wildman–Crippen MR) is 91.2 cm³/mol. The zero-order valence-electron chi connectivity index (χ0n) is 13.2. The number of hydrogen-bond acceptors (Lipinski definition) is 5. The van der Waals surface area contributed by atoms with Crippen molar-refractivity contribution in [3.05, 3.63) is 48.4 Å². The Hall–Kier alpha value is -2.23. The summed E-state index contributed by atoms with van der Waals surface area (Å²) >= 11 is 1.41. The monoisotopic (exact) mass is 329 g/mol. The van der Waals surface area contributed by atoms with Gasteiger partial charge in [-0.1, -0.05) is 12.1 Å². The molecule has 23 heavy (non-hydrogen) atoms. The Labute approximate surface area is 140 Å². The third-order valence-electron chi connectivity index (χ3n) is 3.46. The van der Waals surface area contributed by atoms with Crippen LogP contribution < -0.4 is 5.32 Å². The number of nitrogens with one attached hydrogen (secondary N) is 1. The second-order valence-electron chi connectivity index (χ2n) is 5.10. The van der Waals surface area contributed by atoms with E-state index in [0.717, 1.165) is 16.3 Å². The summed E-state index contributed by atoms with van der Waals surface area (Å²) in [6, 6.07) is 13.3. The molecule has 0 saturated carbocycles. The Morgan fingerprint density at radius 1 is 1.39 bits per heavy atom. The summed E-state index contributed by atoms with van der Waals surface area (Å²) in [5.41, 5.74) is 0.733. The minimum Gasteiger partial charge on any atom is -0.468 e. The Bertz CT molecular complexity index is 679. The first-order valence-corrected chi connectivity index (χ1v) is 8.22. The number of anilines is 1. The van der Waals surface area contributed by atoms with Crippen molar-refractivity contribution >= 4 is 23.4 Å². The lowest BCUT2D eigenvalue weighted by molar-refractivity contribution is -0.117. The first-order valence-electron chi connectivity index (χ1n) is 7.24. The summed E-state index contributed by atoms with van der Waals surface area (Å²) in [4.78, 5) is 15.1. The van der Waals surface area contributed by atoms with Crippen molar-refractivity contribution in [2.24, 2.45) is 0 Å². The molecule has 1 atom stereocenters. The van der Waals surface area contributed by atoms with Gasteiger partial charge in [0.25, 0.3) is 0 Å². The maximum absolute atomic E-state index is 12.3. The molecule has 0 aliphatic heterocycles. The van der Waals surface area contributed by atoms with Crippen LogP contribution in [0.4, 0.5) is 5.69 Å². The number of carbonyl (C=O) groups is 1. The van der Waals surface area contributed by atoms with Crippen molar-refractivity contribution in [1.29, 1.82) is 5.26 Å². The fraction of sp³-hybridized carbons (Fsp3) is 0.294. The van der Waals surface area contributed by atoms with Crippen molar-refractivity contribution in [3.8, 4) is 6.07 Å². The number of amides is 1. The lowest BCUT2D eigenvalue weighted by atomic mass is 10.2. The predicted octanol–water partition coefficient (Wildman–Crippen LogP) is 3.53. The number of hydrogen-bond donors (Lipinski definition) is 1. The molecule has 0 unspecified atom stereocenters. The van der Waals surface area contributed by atoms with Gasteiger partial charge in [0.15, 0.2) is 0 Å². The number of benzene rings is 1. The molecule has 1 heterocycles. The lowest BCUT2D eigenvalue weighted by Crippen LogP contribution is -2.32. The van der Waals surface area contributed by atoms with E-state index in [0.29, 0.717) is 5.75 Å². The maximum Gasteiger partial charge on any atom is 0.238 e. The number of rotatable bonds is 7. The van der Waals surface area contributed by atoms with E-state index in [4.69, 9.17) is 9.68 Å². The first kappa shape index (κ1) is 17.1. The van der Waals surface area contributed by atoms with Crippen LogP contribution >= 0.6 is 11.8 Å². The van der Waals surface area contributed by atoms with Gasteiger partial charge in [-0.3, -0.25) is 9.69 Å². The van der Waals surface area contributed by atoms with Gasteiger partial charge in [-0.2, -0.15) is 5.26 Å². The van der Waals surface area contributed by atoms with Crippen molar-refractivity contribution in [1.82, 2.24) is 4.90 Å². The highest BCUT2D eigenvalue weighted by molar-refractivity contribution is 7.99. The van der Waals surface area contributed by atoms with Crippen LogP contribution in [0.25, 0.3) is 0 Å². The molecule has 120 valence electrons. The number of carbonyl (C=O) groups excluding carboxylic acids is 1. The molecular weight excluding hydrogens is 310 g/mol. The van der Waals surface area contributed by atoms with Gasteiger partial charge in [0.1, 0.15) is 5.76 Å². The van der Waals surface area contributed by atoms with Gasteiger partial charge < -0.3 is 9.73 Å². The second kappa shape index (κ2) is 8.42. The number of para-hydroxylation sites is 1. The molecule has 2 rings (SSSR count). The normalized spacial score (nSPS) is 11.9. The quantitative estimate of drug-likeness (QED) is 0.787. The summed E-state index contributed by atoms with van der Waals surface area (Å²) in [5, 5.41) is 11.6. The number of furan rings is 1. The highest BCUT2D eigenvalue weighted by Gasteiger charge is 2.17. The lowest BCUT2D eigenvalue weighted by Gasteiger charge is -2.22. The van der Waals surface area contributed by atoms with Gasteiger partial charge in [-0.15, -0.1) is 11.8 Å². The Morgan fingerprint density at radius 2 is 2.17 bits per heavy atom. The van der Waals surface area contributed by atoms with Gasteiger partial charge in [0.2, 0.25) is 5.91 Å². The summed E-state index contributed by atoms with van der Waals surface area (Å²) in [5.74, 6) is 1.07. The molecule has 1 aromatic carbocycles. The molecule has 0 spiro atoms. The van der Waals surface area contributed by atoms with Crippen LogP contribution in [0.1, 0.15) is 18.7 Å². The van der Waals surface area contributed by atoms with Crippen LogP contribution in [0.3, 0.4) is 0 Å². The molecule has 0 radical (unpaired) electrons. The van der Waals surface area contributed by atoms with E-state index < -0.39 is 0 Å². The summed E-state index contributed by atoms with van der Waals surface area (Å²) in [6.45, 7) is 2.24. The van der Waals surface area contributed by atoms with Crippen molar-refractivity contribution in [3.63, 3.8) is 0 Å². The van der Waals surface area contributed by atoms with Gasteiger partial charge in [-0.25, -0.2) is 0 Å². The average Bonchev–Trinajstić information content (AvgIpc) is 3.07. The molecule has 0 saturated heterocycles. The third-order valence-corrected chi connectivity index (χ3v) is 4.40. The van der Waals surface area contributed by atoms with Crippen molar-refractivity contribution in [2.75, 3.05) is 24.7 Å². The van der Waals surface area contributed by atoms with Gasteiger partial charge >= 0.3 is 0 Å². The Balaban J connectivity index is 1.96. The van der Waals surface area contributed by atoms with E-state index in [2.05, 4.69) is 11.4 Å². The highest BCUT2D eigenvalue weighted by atomic mass is 32.2. The largest absolute Gasteiger partial charge is 0.468 e. The molecule has 0 bridgehead atoms. The van der Waals surface area contributed by atoms with E-state index in [1.807, 2.05) is 55.3 Å². The SMILES string of the molecule is C[C@H](c1ccco1)N(C)CC(=O)Nc1ccccc1SCC#N. The summed E-state index contributed by atoms with van der Waals surface area (Å²) in [7, 11) is 1.88. The second-order valence-corrected chi connectivity index (χ2v) is 6.11. The highest BCUT2D eigenvalue weighted by Crippen LogP contribution is 2.26. The molecule has 1 N–H and O–H groups in total. The molecular formula is C17H19N3O2S. The standard InChI is InChI=1S/C17H19N3O2S/c1-13(15-7-5-10-22-15)20(2)12-17(21)19-14-6-3-4-8-16(14)23-11-9-18/h3-8,10,13H,11-12H2,1-2H3,(H,19,21)/t13-/m1/s1. The van der Waals surface area contributed by atoms with E-state index in [-0.39, 0.29) is 18.5 Å². The van der Waals surface area contributed by atoms with Crippen molar-refractivity contribution in [2.45, 2.75) is 17.9 Å². The van der Waals surface area contributed by atoms with E-state index in [1.165, 1.54) is 11.8 Å². The number of thioether (sulfide) groups is 1. The van der Waals surface area contributed by atoms with E-state index >= 15 is 0 Å². The number of nitrogens with zero attached hydrogens (tertiary/aromatic N) is 2. The van der Waals surface area contributed by atoms with Gasteiger partial charge in [0, 0.05) is 4.90 Å². The molecule has 0 aliphatic rings. The summed E-state index contributed by atoms with van der Waals surface area (Å²) in [6.07, 6.45) is 1.63. The molecule has 1 amide bonds. The van der Waals surface area contributed by atoms with Crippen LogP contribution in [-0.4, -0.2) is 30.2 Å². The minimum atomic E-state index is -0.101. The molecule has 0 fully saturated rings. The first-order chi connectivity index (χ1) is 11.1. The molecule has 0 aliphatic carbocycles. The van der Waals surface area contributed by atoms with Crippen LogP contribution in [0.2, 0.25) is 0 Å². The molecule has 6 heteroatoms. The van der Waals surface area contributed by atoms with Gasteiger partial charge in [-0.05, 0) is 38.2 Å². The average molecular weight is 329 g/mol. The van der Waals surface area contributed by atoms with Gasteiger partial charge in [0.05, 0.1) is 36.4 Å². The Kier molecular flexibility index (Phi) is 6.27. The van der Waals surface area contributed by atoms with Crippen LogP contribution in [-0.2, 0) is 4.79 Å². The van der Waals surface area contributed by atoms with Crippen LogP contribution in [0, 0.1) is 11.3 Å². The maximum atomic E-state index is 12.3. The zero-order chi connectivity index (χ0) is 16.7. The fourth-order valence-corrected chi connectivity index (χ4v) is 2.77. The Morgan fingerprint density at radius 3 is 2.87 bits per heavy atom.